The normalized spacial score (nSPS) is 16.9. The highest BCUT2D eigenvalue weighted by molar-refractivity contribution is 6.05. The number of carbonyl (C=O) groups is 2. The first-order valence-electron chi connectivity index (χ1n) is 9.11. The number of carbonyl (C=O) groups excluding carboxylic acids is 2. The van der Waals surface area contributed by atoms with Crippen LogP contribution < -0.4 is 15.1 Å². The van der Waals surface area contributed by atoms with E-state index in [4.69, 9.17) is 4.74 Å². The fourth-order valence-corrected chi connectivity index (χ4v) is 3.45. The molecular weight excluding hydrogens is 344 g/mol. The lowest BCUT2D eigenvalue weighted by atomic mass is 9.99. The first kappa shape index (κ1) is 17.5. The average molecular weight is 366 g/mol. The molecule has 2 aliphatic heterocycles. The number of morpholine rings is 1. The van der Waals surface area contributed by atoms with E-state index < -0.39 is 0 Å². The number of hydrogen-bond acceptors (Lipinski definition) is 5. The Morgan fingerprint density at radius 1 is 1.15 bits per heavy atom. The summed E-state index contributed by atoms with van der Waals surface area (Å²) in [5.41, 5.74) is 3.48. The molecular formula is C20H22N4O3. The number of pyridine rings is 1. The van der Waals surface area contributed by atoms with Gasteiger partial charge in [0, 0.05) is 37.8 Å². The molecule has 1 saturated heterocycles. The van der Waals surface area contributed by atoms with Gasteiger partial charge in [0.15, 0.2) is 0 Å². The van der Waals surface area contributed by atoms with Gasteiger partial charge in [0.2, 0.25) is 5.91 Å². The van der Waals surface area contributed by atoms with Gasteiger partial charge >= 0.3 is 0 Å². The van der Waals surface area contributed by atoms with Crippen molar-refractivity contribution in [3.63, 3.8) is 0 Å². The summed E-state index contributed by atoms with van der Waals surface area (Å²) in [6, 6.07) is 9.20. The number of aromatic nitrogens is 1. The van der Waals surface area contributed by atoms with Crippen LogP contribution in [0.4, 0.5) is 17.2 Å². The quantitative estimate of drug-likeness (QED) is 0.900. The van der Waals surface area contributed by atoms with Gasteiger partial charge in [-0.1, -0.05) is 0 Å². The highest BCUT2D eigenvalue weighted by Crippen LogP contribution is 2.28. The van der Waals surface area contributed by atoms with Crippen molar-refractivity contribution >= 4 is 29.0 Å². The SMILES string of the molecule is CN1C(=O)CCc2cc(C(=O)Nc3ccc(N4CCOCC4)cn3)ccc21. The molecule has 0 radical (unpaired) electrons. The number of hydrogen-bond donors (Lipinski definition) is 1. The molecule has 1 N–H and O–H groups in total. The van der Waals surface area contributed by atoms with Crippen LogP contribution in [-0.4, -0.2) is 50.1 Å². The van der Waals surface area contributed by atoms with Gasteiger partial charge in [-0.3, -0.25) is 9.59 Å². The molecule has 2 amide bonds. The number of anilines is 3. The highest BCUT2D eigenvalue weighted by Gasteiger charge is 2.22. The van der Waals surface area contributed by atoms with Crippen LogP contribution in [0.25, 0.3) is 0 Å². The number of aryl methyl sites for hydroxylation is 1. The van der Waals surface area contributed by atoms with E-state index in [0.717, 1.165) is 43.2 Å². The van der Waals surface area contributed by atoms with Gasteiger partial charge in [-0.2, -0.15) is 0 Å². The van der Waals surface area contributed by atoms with Crippen molar-refractivity contribution in [1.82, 2.24) is 4.98 Å². The largest absolute Gasteiger partial charge is 0.378 e. The Bertz CT molecular complexity index is 860. The third-order valence-electron chi connectivity index (χ3n) is 5.05. The van der Waals surface area contributed by atoms with Gasteiger partial charge < -0.3 is 19.9 Å². The van der Waals surface area contributed by atoms with Crippen LogP contribution in [0.2, 0.25) is 0 Å². The van der Waals surface area contributed by atoms with E-state index in [1.54, 1.807) is 24.2 Å². The maximum Gasteiger partial charge on any atom is 0.256 e. The minimum atomic E-state index is -0.205. The van der Waals surface area contributed by atoms with Crippen molar-refractivity contribution in [1.29, 1.82) is 0 Å². The minimum absolute atomic E-state index is 0.101. The molecule has 3 heterocycles. The number of benzene rings is 1. The van der Waals surface area contributed by atoms with Crippen molar-refractivity contribution in [2.75, 3.05) is 48.5 Å². The third-order valence-corrected chi connectivity index (χ3v) is 5.05. The first-order valence-corrected chi connectivity index (χ1v) is 9.11. The van der Waals surface area contributed by atoms with Crippen LogP contribution >= 0.6 is 0 Å². The number of ether oxygens (including phenoxy) is 1. The Kier molecular flexibility index (Phi) is 4.77. The molecule has 7 heteroatoms. The zero-order chi connectivity index (χ0) is 18.8. The molecule has 2 aromatic rings. The van der Waals surface area contributed by atoms with Gasteiger partial charge in [0.1, 0.15) is 5.82 Å². The number of fused-ring (bicyclic) bond motifs is 1. The lowest BCUT2D eigenvalue weighted by Gasteiger charge is -2.28. The minimum Gasteiger partial charge on any atom is -0.378 e. The highest BCUT2D eigenvalue weighted by atomic mass is 16.5. The Balaban J connectivity index is 1.45. The van der Waals surface area contributed by atoms with Crippen LogP contribution in [0.3, 0.4) is 0 Å². The number of rotatable bonds is 3. The summed E-state index contributed by atoms with van der Waals surface area (Å²) in [6.45, 7) is 3.13. The van der Waals surface area contributed by atoms with Gasteiger partial charge in [0.05, 0.1) is 25.1 Å². The standard InChI is InChI=1S/C20H22N4O3/c1-23-17-5-2-15(12-14(17)3-7-19(23)25)20(26)22-18-6-4-16(13-21-18)24-8-10-27-11-9-24/h2,4-6,12-13H,3,7-11H2,1H3,(H,21,22,26). The molecule has 0 bridgehead atoms. The van der Waals surface area contributed by atoms with E-state index in [1.165, 1.54) is 0 Å². The zero-order valence-corrected chi connectivity index (χ0v) is 15.3. The Labute approximate surface area is 157 Å². The summed E-state index contributed by atoms with van der Waals surface area (Å²) >= 11 is 0. The van der Waals surface area contributed by atoms with Crippen molar-refractivity contribution in [2.45, 2.75) is 12.8 Å². The van der Waals surface area contributed by atoms with E-state index in [9.17, 15) is 9.59 Å². The maximum atomic E-state index is 12.6. The zero-order valence-electron chi connectivity index (χ0n) is 15.3. The molecule has 0 spiro atoms. The Hall–Kier alpha value is -2.93. The lowest BCUT2D eigenvalue weighted by molar-refractivity contribution is -0.118. The molecule has 7 nitrogen and oxygen atoms in total. The predicted octanol–water partition coefficient (Wildman–Crippen LogP) is 2.08. The topological polar surface area (TPSA) is 74.8 Å². The second kappa shape index (κ2) is 7.36. The molecule has 0 unspecified atom stereocenters. The summed E-state index contributed by atoms with van der Waals surface area (Å²) in [6.07, 6.45) is 2.90. The predicted molar refractivity (Wildman–Crippen MR) is 103 cm³/mol. The van der Waals surface area contributed by atoms with Gasteiger partial charge in [-0.25, -0.2) is 4.98 Å². The second-order valence-electron chi connectivity index (χ2n) is 6.75. The maximum absolute atomic E-state index is 12.6. The molecule has 27 heavy (non-hydrogen) atoms. The molecule has 140 valence electrons. The van der Waals surface area contributed by atoms with Crippen LogP contribution in [0, 0.1) is 0 Å². The van der Waals surface area contributed by atoms with Crippen LogP contribution in [-0.2, 0) is 16.0 Å². The summed E-state index contributed by atoms with van der Waals surface area (Å²) < 4.78 is 5.36. The van der Waals surface area contributed by atoms with E-state index >= 15 is 0 Å². The summed E-state index contributed by atoms with van der Waals surface area (Å²) in [4.78, 5) is 32.6. The van der Waals surface area contributed by atoms with E-state index in [2.05, 4.69) is 15.2 Å². The fourth-order valence-electron chi connectivity index (χ4n) is 3.45. The van der Waals surface area contributed by atoms with Crippen molar-refractivity contribution in [3.05, 3.63) is 47.7 Å². The molecule has 1 aromatic carbocycles. The Morgan fingerprint density at radius 3 is 2.70 bits per heavy atom. The molecule has 0 aliphatic carbocycles. The summed E-state index contributed by atoms with van der Waals surface area (Å²) in [5.74, 6) is 0.412. The number of nitrogens with zero attached hydrogens (tertiary/aromatic N) is 3. The lowest BCUT2D eigenvalue weighted by Crippen LogP contribution is -2.36. The van der Waals surface area contributed by atoms with E-state index in [1.807, 2.05) is 24.3 Å². The van der Waals surface area contributed by atoms with E-state index in [0.29, 0.717) is 24.2 Å². The van der Waals surface area contributed by atoms with E-state index in [-0.39, 0.29) is 11.8 Å². The summed E-state index contributed by atoms with van der Waals surface area (Å²) in [7, 11) is 1.76. The third kappa shape index (κ3) is 3.64. The smallest absolute Gasteiger partial charge is 0.256 e. The van der Waals surface area contributed by atoms with Gasteiger partial charge in [0.25, 0.3) is 5.91 Å². The molecule has 0 atom stereocenters. The molecule has 2 aliphatic rings. The van der Waals surface area contributed by atoms with Crippen LogP contribution in [0.15, 0.2) is 36.5 Å². The van der Waals surface area contributed by atoms with Gasteiger partial charge in [-0.05, 0) is 42.3 Å². The van der Waals surface area contributed by atoms with Crippen LogP contribution in [0.1, 0.15) is 22.3 Å². The van der Waals surface area contributed by atoms with Crippen molar-refractivity contribution < 1.29 is 14.3 Å². The monoisotopic (exact) mass is 366 g/mol. The number of nitrogens with one attached hydrogen (secondary N) is 1. The Morgan fingerprint density at radius 2 is 1.96 bits per heavy atom. The average Bonchev–Trinajstić information content (AvgIpc) is 2.72. The fraction of sp³-hybridized carbons (Fsp3) is 0.350. The second-order valence-corrected chi connectivity index (χ2v) is 6.75. The number of amides is 2. The van der Waals surface area contributed by atoms with Crippen molar-refractivity contribution in [2.24, 2.45) is 0 Å². The molecule has 1 aromatic heterocycles. The molecule has 4 rings (SSSR count). The molecule has 0 saturated carbocycles. The van der Waals surface area contributed by atoms with Crippen LogP contribution in [0.5, 0.6) is 0 Å². The summed E-state index contributed by atoms with van der Waals surface area (Å²) in [5, 5.41) is 2.84. The van der Waals surface area contributed by atoms with Gasteiger partial charge in [-0.15, -0.1) is 0 Å². The molecule has 1 fully saturated rings. The first-order chi connectivity index (χ1) is 13.1. The van der Waals surface area contributed by atoms with Crippen molar-refractivity contribution in [3.8, 4) is 0 Å².